The van der Waals surface area contributed by atoms with Gasteiger partial charge in [-0.2, -0.15) is 0 Å². The first-order valence-corrected chi connectivity index (χ1v) is 9.63. The fourth-order valence-corrected chi connectivity index (χ4v) is 4.45. The molecule has 126 valence electrons. The summed E-state index contributed by atoms with van der Waals surface area (Å²) in [6, 6.07) is 9.13. The van der Waals surface area contributed by atoms with Gasteiger partial charge >= 0.3 is 0 Å². The molecule has 2 aliphatic rings. The molecule has 1 aromatic rings. The zero-order chi connectivity index (χ0) is 16.1. The molecule has 0 amide bonds. The first-order chi connectivity index (χ1) is 11.3. The van der Waals surface area contributed by atoms with Gasteiger partial charge < -0.3 is 4.74 Å². The summed E-state index contributed by atoms with van der Waals surface area (Å²) in [5.74, 6) is 2.45. The monoisotopic (exact) mass is 312 g/mol. The predicted molar refractivity (Wildman–Crippen MR) is 97.5 cm³/mol. The second kappa shape index (κ2) is 8.15. The van der Waals surface area contributed by atoms with E-state index in [1.807, 2.05) is 0 Å². The highest BCUT2D eigenvalue weighted by Crippen LogP contribution is 2.40. The summed E-state index contributed by atoms with van der Waals surface area (Å²) < 4.78 is 6.26. The standard InChI is InChI=1S/C22H32O/c1-3-5-18-8-12-20(13-9-18)22-15-14-21(16-23-22)19-10-6-17(4-2)7-11-19/h4,8-9,12-13,17,19,21-22H,2-3,5-7,10-11,14-16H2,1H3. The lowest BCUT2D eigenvalue weighted by Crippen LogP contribution is -2.29. The number of hydrogen-bond acceptors (Lipinski definition) is 1. The fraction of sp³-hybridized carbons (Fsp3) is 0.636. The van der Waals surface area contributed by atoms with Gasteiger partial charge in [0.25, 0.3) is 0 Å². The molecule has 1 nitrogen and oxygen atoms in total. The number of allylic oxidation sites excluding steroid dienone is 1. The summed E-state index contributed by atoms with van der Waals surface area (Å²) in [5.41, 5.74) is 2.82. The third-order valence-corrected chi connectivity index (χ3v) is 6.02. The van der Waals surface area contributed by atoms with Crippen LogP contribution in [0.15, 0.2) is 36.9 Å². The molecule has 1 aromatic carbocycles. The molecule has 0 spiro atoms. The van der Waals surface area contributed by atoms with Crippen molar-refractivity contribution >= 4 is 0 Å². The molecule has 1 saturated carbocycles. The predicted octanol–water partition coefficient (Wildman–Crippen LogP) is 6.10. The number of hydrogen-bond donors (Lipinski definition) is 0. The van der Waals surface area contributed by atoms with Gasteiger partial charge in [-0.15, -0.1) is 6.58 Å². The zero-order valence-corrected chi connectivity index (χ0v) is 14.7. The first kappa shape index (κ1) is 16.8. The van der Waals surface area contributed by atoms with Crippen LogP contribution in [0.25, 0.3) is 0 Å². The van der Waals surface area contributed by atoms with Crippen molar-refractivity contribution in [2.75, 3.05) is 6.61 Å². The van der Waals surface area contributed by atoms with Crippen LogP contribution in [0.4, 0.5) is 0 Å². The maximum absolute atomic E-state index is 6.26. The Hall–Kier alpha value is -1.08. The van der Waals surface area contributed by atoms with Crippen molar-refractivity contribution < 1.29 is 4.74 Å². The van der Waals surface area contributed by atoms with Crippen LogP contribution in [0.1, 0.15) is 69.1 Å². The summed E-state index contributed by atoms with van der Waals surface area (Å²) in [4.78, 5) is 0. The largest absolute Gasteiger partial charge is 0.373 e. The lowest BCUT2D eigenvalue weighted by molar-refractivity contribution is -0.0395. The second-order valence-electron chi connectivity index (χ2n) is 7.56. The van der Waals surface area contributed by atoms with Crippen LogP contribution in [0.3, 0.4) is 0 Å². The molecule has 2 unspecified atom stereocenters. The Morgan fingerprint density at radius 3 is 2.26 bits per heavy atom. The molecule has 1 heterocycles. The van der Waals surface area contributed by atoms with E-state index in [4.69, 9.17) is 4.74 Å². The van der Waals surface area contributed by atoms with E-state index in [-0.39, 0.29) is 0 Å². The Bertz CT molecular complexity index is 473. The Morgan fingerprint density at radius 1 is 1.00 bits per heavy atom. The lowest BCUT2D eigenvalue weighted by Gasteiger charge is -2.37. The minimum atomic E-state index is 0.325. The van der Waals surface area contributed by atoms with Gasteiger partial charge in [-0.3, -0.25) is 0 Å². The van der Waals surface area contributed by atoms with E-state index in [2.05, 4.69) is 43.8 Å². The maximum Gasteiger partial charge on any atom is 0.0825 e. The number of aryl methyl sites for hydroxylation is 1. The number of rotatable bonds is 5. The smallest absolute Gasteiger partial charge is 0.0825 e. The van der Waals surface area contributed by atoms with Crippen molar-refractivity contribution in [3.63, 3.8) is 0 Å². The van der Waals surface area contributed by atoms with Crippen LogP contribution < -0.4 is 0 Å². The van der Waals surface area contributed by atoms with E-state index in [0.29, 0.717) is 6.10 Å². The van der Waals surface area contributed by atoms with Crippen molar-refractivity contribution in [2.45, 2.75) is 64.4 Å². The van der Waals surface area contributed by atoms with E-state index in [0.717, 1.165) is 24.4 Å². The first-order valence-electron chi connectivity index (χ1n) is 9.63. The molecule has 2 fully saturated rings. The topological polar surface area (TPSA) is 9.23 Å². The van der Waals surface area contributed by atoms with Gasteiger partial charge in [-0.05, 0) is 73.8 Å². The molecule has 1 saturated heterocycles. The van der Waals surface area contributed by atoms with Gasteiger partial charge in [0.15, 0.2) is 0 Å². The zero-order valence-electron chi connectivity index (χ0n) is 14.7. The third-order valence-electron chi connectivity index (χ3n) is 6.02. The fourth-order valence-electron chi connectivity index (χ4n) is 4.45. The molecule has 1 aliphatic heterocycles. The minimum absolute atomic E-state index is 0.325. The quantitative estimate of drug-likeness (QED) is 0.597. The van der Waals surface area contributed by atoms with Crippen molar-refractivity contribution in [3.05, 3.63) is 48.0 Å². The van der Waals surface area contributed by atoms with Gasteiger partial charge in [0, 0.05) is 0 Å². The molecule has 1 heteroatoms. The average Bonchev–Trinajstić information content (AvgIpc) is 2.63. The van der Waals surface area contributed by atoms with E-state index < -0.39 is 0 Å². The van der Waals surface area contributed by atoms with E-state index in [1.54, 1.807) is 0 Å². The van der Waals surface area contributed by atoms with Crippen LogP contribution >= 0.6 is 0 Å². The third kappa shape index (κ3) is 4.26. The van der Waals surface area contributed by atoms with Crippen LogP contribution in [-0.4, -0.2) is 6.61 Å². The molecule has 23 heavy (non-hydrogen) atoms. The molecular formula is C22H32O. The summed E-state index contributed by atoms with van der Waals surface area (Å²) >= 11 is 0. The molecule has 1 aliphatic carbocycles. The van der Waals surface area contributed by atoms with Crippen LogP contribution in [0.5, 0.6) is 0 Å². The SMILES string of the molecule is C=CC1CCC(C2CCC(c3ccc(CCC)cc3)OC2)CC1. The normalized spacial score (nSPS) is 31.7. The van der Waals surface area contributed by atoms with Crippen molar-refractivity contribution in [1.82, 2.24) is 0 Å². The molecular weight excluding hydrogens is 280 g/mol. The Labute approximate surface area is 142 Å². The molecule has 2 atom stereocenters. The molecule has 3 rings (SSSR count). The van der Waals surface area contributed by atoms with Crippen LogP contribution in [0, 0.1) is 17.8 Å². The van der Waals surface area contributed by atoms with E-state index in [9.17, 15) is 0 Å². The Kier molecular flexibility index (Phi) is 5.94. The van der Waals surface area contributed by atoms with Crippen molar-refractivity contribution in [1.29, 1.82) is 0 Å². The van der Waals surface area contributed by atoms with Crippen molar-refractivity contribution in [3.8, 4) is 0 Å². The highest BCUT2D eigenvalue weighted by Gasteiger charge is 2.31. The average molecular weight is 312 g/mol. The maximum atomic E-state index is 6.26. The molecule has 0 bridgehead atoms. The van der Waals surface area contributed by atoms with Gasteiger partial charge in [0.1, 0.15) is 0 Å². The van der Waals surface area contributed by atoms with Crippen LogP contribution in [0.2, 0.25) is 0 Å². The van der Waals surface area contributed by atoms with Gasteiger partial charge in [-0.25, -0.2) is 0 Å². The molecule has 0 aromatic heterocycles. The second-order valence-corrected chi connectivity index (χ2v) is 7.56. The van der Waals surface area contributed by atoms with E-state index in [1.165, 1.54) is 62.5 Å². The Balaban J connectivity index is 1.49. The highest BCUT2D eigenvalue weighted by molar-refractivity contribution is 5.24. The Morgan fingerprint density at radius 2 is 1.70 bits per heavy atom. The van der Waals surface area contributed by atoms with Gasteiger partial charge in [0.2, 0.25) is 0 Å². The highest BCUT2D eigenvalue weighted by atomic mass is 16.5. The number of benzene rings is 1. The molecule has 0 N–H and O–H groups in total. The summed E-state index contributed by atoms with van der Waals surface area (Å²) in [5, 5.41) is 0. The van der Waals surface area contributed by atoms with Gasteiger partial charge in [-0.1, -0.05) is 43.7 Å². The summed E-state index contributed by atoms with van der Waals surface area (Å²) in [6.07, 6.45) is 12.8. The lowest BCUT2D eigenvalue weighted by atomic mass is 9.73. The van der Waals surface area contributed by atoms with E-state index >= 15 is 0 Å². The molecule has 0 radical (unpaired) electrons. The van der Waals surface area contributed by atoms with Gasteiger partial charge in [0.05, 0.1) is 12.7 Å². The van der Waals surface area contributed by atoms with Crippen LogP contribution in [-0.2, 0) is 11.2 Å². The summed E-state index contributed by atoms with van der Waals surface area (Å²) in [7, 11) is 0. The van der Waals surface area contributed by atoms with Crippen molar-refractivity contribution in [2.24, 2.45) is 17.8 Å². The summed E-state index contributed by atoms with van der Waals surface area (Å²) in [6.45, 7) is 7.16. The number of ether oxygens (including phenoxy) is 1. The minimum Gasteiger partial charge on any atom is -0.373 e.